The molecule has 0 amide bonds. The molecule has 0 aromatic rings. The summed E-state index contributed by atoms with van der Waals surface area (Å²) < 4.78 is 16.9. The Balaban J connectivity index is 4.38. The highest BCUT2D eigenvalue weighted by atomic mass is 16.6. The fourth-order valence-electron chi connectivity index (χ4n) is 9.32. The van der Waals surface area contributed by atoms with Gasteiger partial charge in [-0.15, -0.1) is 0 Å². The molecule has 0 aromatic carbocycles. The van der Waals surface area contributed by atoms with E-state index < -0.39 is 6.10 Å². The first-order valence-corrected chi connectivity index (χ1v) is 34.2. The highest BCUT2D eigenvalue weighted by Gasteiger charge is 2.19. The van der Waals surface area contributed by atoms with E-state index in [4.69, 9.17) is 14.2 Å². The summed E-state index contributed by atoms with van der Waals surface area (Å²) >= 11 is 0. The van der Waals surface area contributed by atoms with Crippen LogP contribution in [0.4, 0.5) is 0 Å². The van der Waals surface area contributed by atoms with Crippen LogP contribution < -0.4 is 0 Å². The van der Waals surface area contributed by atoms with Crippen molar-refractivity contribution >= 4 is 17.9 Å². The number of esters is 3. The number of carbonyl (C=O) groups excluding carboxylic acids is 3. The summed E-state index contributed by atoms with van der Waals surface area (Å²) in [5.74, 6) is -0.918. The Morgan fingerprint density at radius 2 is 0.476 bits per heavy atom. The van der Waals surface area contributed by atoms with Crippen LogP contribution in [0.2, 0.25) is 0 Å². The lowest BCUT2D eigenvalue weighted by Crippen LogP contribution is -2.30. The molecule has 6 nitrogen and oxygen atoms in total. The van der Waals surface area contributed by atoms with Gasteiger partial charge in [-0.1, -0.05) is 289 Å². The average molecular weight is 1140 g/mol. The van der Waals surface area contributed by atoms with Gasteiger partial charge in [0.1, 0.15) is 13.2 Å². The zero-order valence-corrected chi connectivity index (χ0v) is 53.5. The third-order valence-electron chi connectivity index (χ3n) is 14.4. The molecule has 0 saturated carbocycles. The normalized spacial score (nSPS) is 13.0. The summed E-state index contributed by atoms with van der Waals surface area (Å²) in [5.41, 5.74) is 0. The molecule has 0 saturated heterocycles. The smallest absolute Gasteiger partial charge is 0.306 e. The molecule has 1 atom stereocenters. The van der Waals surface area contributed by atoms with E-state index >= 15 is 0 Å². The van der Waals surface area contributed by atoms with Gasteiger partial charge in [-0.05, 0) is 135 Å². The molecule has 0 aliphatic rings. The van der Waals surface area contributed by atoms with Crippen LogP contribution >= 0.6 is 0 Å². The Morgan fingerprint density at radius 1 is 0.256 bits per heavy atom. The first-order chi connectivity index (χ1) is 40.5. The topological polar surface area (TPSA) is 78.9 Å². The molecule has 6 heteroatoms. The molecule has 0 heterocycles. The number of unbranched alkanes of at least 4 members (excludes halogenated alkanes) is 28. The summed E-state index contributed by atoms with van der Waals surface area (Å²) in [7, 11) is 0. The van der Waals surface area contributed by atoms with E-state index in [1.54, 1.807) is 0 Å². The van der Waals surface area contributed by atoms with Crippen molar-refractivity contribution in [1.82, 2.24) is 0 Å². The van der Waals surface area contributed by atoms with Crippen molar-refractivity contribution < 1.29 is 28.6 Å². The van der Waals surface area contributed by atoms with E-state index in [0.29, 0.717) is 19.3 Å². The van der Waals surface area contributed by atoms with Crippen molar-refractivity contribution in [3.05, 3.63) is 134 Å². The molecular formula is C76H126O6. The lowest BCUT2D eigenvalue weighted by molar-refractivity contribution is -0.167. The first kappa shape index (κ1) is 77.5. The monoisotopic (exact) mass is 1130 g/mol. The van der Waals surface area contributed by atoms with Crippen molar-refractivity contribution in [2.45, 2.75) is 316 Å². The molecule has 0 aliphatic heterocycles. The summed E-state index contributed by atoms with van der Waals surface area (Å²) in [4.78, 5) is 38.4. The molecule has 82 heavy (non-hydrogen) atoms. The highest BCUT2D eigenvalue weighted by molar-refractivity contribution is 5.71. The average Bonchev–Trinajstić information content (AvgIpc) is 3.47. The quantitative estimate of drug-likeness (QED) is 0.0261. The summed E-state index contributed by atoms with van der Waals surface area (Å²) in [5, 5.41) is 0. The molecule has 0 aliphatic carbocycles. The summed E-state index contributed by atoms with van der Waals surface area (Å²) in [6.07, 6.45) is 97.5. The predicted octanol–water partition coefficient (Wildman–Crippen LogP) is 23.7. The van der Waals surface area contributed by atoms with Gasteiger partial charge >= 0.3 is 17.9 Å². The van der Waals surface area contributed by atoms with Crippen LogP contribution in [0.25, 0.3) is 0 Å². The van der Waals surface area contributed by atoms with Crippen molar-refractivity contribution in [2.24, 2.45) is 0 Å². The number of hydrogen-bond donors (Lipinski definition) is 0. The van der Waals surface area contributed by atoms with Gasteiger partial charge in [0.2, 0.25) is 0 Å². The van der Waals surface area contributed by atoms with Gasteiger partial charge < -0.3 is 14.2 Å². The summed E-state index contributed by atoms with van der Waals surface area (Å²) in [6.45, 7) is 6.40. The minimum Gasteiger partial charge on any atom is -0.462 e. The molecule has 0 N–H and O–H groups in total. The van der Waals surface area contributed by atoms with Gasteiger partial charge in [0.25, 0.3) is 0 Å². The maximum Gasteiger partial charge on any atom is 0.306 e. The molecule has 0 fully saturated rings. The van der Waals surface area contributed by atoms with Crippen LogP contribution in [-0.4, -0.2) is 37.2 Å². The lowest BCUT2D eigenvalue weighted by Gasteiger charge is -2.18. The van der Waals surface area contributed by atoms with E-state index in [-0.39, 0.29) is 31.1 Å². The fourth-order valence-corrected chi connectivity index (χ4v) is 9.32. The molecular weight excluding hydrogens is 1010 g/mol. The Bertz CT molecular complexity index is 1730. The van der Waals surface area contributed by atoms with Gasteiger partial charge in [-0.25, -0.2) is 0 Å². The van der Waals surface area contributed by atoms with Gasteiger partial charge in [0.05, 0.1) is 0 Å². The highest BCUT2D eigenvalue weighted by Crippen LogP contribution is 2.16. The van der Waals surface area contributed by atoms with Crippen molar-refractivity contribution in [2.75, 3.05) is 13.2 Å². The van der Waals surface area contributed by atoms with E-state index in [1.807, 2.05) is 0 Å². The standard InChI is InChI=1S/C76H126O6/c1-4-7-10-13-16-19-22-25-28-31-33-34-35-36-37-38-39-40-41-42-43-46-48-51-54-57-60-63-66-69-75(78)81-72-73(71-80-74(77)68-65-62-59-56-53-50-47-44-30-27-24-21-18-15-12-9-6-3)82-76(79)70-67-64-61-58-55-52-49-45-32-29-26-23-20-17-14-11-8-5-2/h7,9-10,12,16,18-19,21,25,27-30,32-34,36-37,39-40,47,50,73H,4-6,8,11,13-15,17,20,22-24,26,31,35,38,41-46,48-49,51-72H2,1-3H3/b10-7-,12-9-,19-16-,21-18-,28-25-,30-27-,32-29-,34-33-,37-36-,40-39-,50-47-. The fraction of sp³-hybridized carbons (Fsp3) is 0.671. The van der Waals surface area contributed by atoms with Gasteiger partial charge in [-0.2, -0.15) is 0 Å². The maximum atomic E-state index is 12.9. The first-order valence-electron chi connectivity index (χ1n) is 34.2. The van der Waals surface area contributed by atoms with Crippen molar-refractivity contribution in [3.63, 3.8) is 0 Å². The second-order valence-corrected chi connectivity index (χ2v) is 22.3. The van der Waals surface area contributed by atoms with Crippen LogP contribution in [-0.2, 0) is 28.6 Å². The van der Waals surface area contributed by atoms with Gasteiger partial charge in [0.15, 0.2) is 6.10 Å². The number of ether oxygens (including phenoxy) is 3. The second kappa shape index (κ2) is 69.0. The Morgan fingerprint density at radius 3 is 0.756 bits per heavy atom. The molecule has 0 radical (unpaired) electrons. The van der Waals surface area contributed by atoms with E-state index in [2.05, 4.69) is 154 Å². The van der Waals surface area contributed by atoms with Crippen LogP contribution in [0.5, 0.6) is 0 Å². The molecule has 0 spiro atoms. The van der Waals surface area contributed by atoms with Crippen molar-refractivity contribution in [1.29, 1.82) is 0 Å². The number of rotatable bonds is 61. The zero-order chi connectivity index (χ0) is 59.2. The van der Waals surface area contributed by atoms with Crippen LogP contribution in [0.3, 0.4) is 0 Å². The van der Waals surface area contributed by atoms with Crippen LogP contribution in [0, 0.1) is 0 Å². The molecule has 1 unspecified atom stereocenters. The zero-order valence-electron chi connectivity index (χ0n) is 53.5. The minimum atomic E-state index is -0.798. The SMILES string of the molecule is CC/C=C\C/C=C\C/C=C\C/C=C\C/C=C\C/C=C\CCCCCCCCCCCCC(=O)OCC(COC(=O)CCCCCC/C=C\C/C=C\C/C=C\C/C=C\CC)OC(=O)CCCCCCCCC/C=C\CCCCCCCCC. The van der Waals surface area contributed by atoms with Crippen LogP contribution in [0.15, 0.2) is 134 Å². The Hall–Kier alpha value is -4.45. The molecule has 0 rings (SSSR count). The third-order valence-corrected chi connectivity index (χ3v) is 14.4. The van der Waals surface area contributed by atoms with Crippen molar-refractivity contribution in [3.8, 4) is 0 Å². The van der Waals surface area contributed by atoms with E-state index in [9.17, 15) is 14.4 Å². The molecule has 0 aromatic heterocycles. The lowest BCUT2D eigenvalue weighted by atomic mass is 10.1. The van der Waals surface area contributed by atoms with Gasteiger partial charge in [0, 0.05) is 19.3 Å². The molecule has 0 bridgehead atoms. The maximum absolute atomic E-state index is 12.9. The number of allylic oxidation sites excluding steroid dienone is 22. The number of carbonyl (C=O) groups is 3. The Labute approximate surface area is 506 Å². The van der Waals surface area contributed by atoms with Crippen LogP contribution in [0.1, 0.15) is 310 Å². The van der Waals surface area contributed by atoms with E-state index in [1.165, 1.54) is 135 Å². The molecule has 466 valence electrons. The predicted molar refractivity (Wildman–Crippen MR) is 357 cm³/mol. The minimum absolute atomic E-state index is 0.0924. The van der Waals surface area contributed by atoms with E-state index in [0.717, 1.165) is 135 Å². The third kappa shape index (κ3) is 66.4. The largest absolute Gasteiger partial charge is 0.462 e. The van der Waals surface area contributed by atoms with Gasteiger partial charge in [-0.3, -0.25) is 14.4 Å². The second-order valence-electron chi connectivity index (χ2n) is 22.3. The summed E-state index contributed by atoms with van der Waals surface area (Å²) in [6, 6.07) is 0. The number of hydrogen-bond acceptors (Lipinski definition) is 6. The Kier molecular flexibility index (Phi) is 65.3.